The zero-order chi connectivity index (χ0) is 38.8. The second kappa shape index (κ2) is 21.6. The number of nitrogens with zero attached hydrogens (tertiary/aromatic N) is 1. The van der Waals surface area contributed by atoms with Gasteiger partial charge in [0.2, 0.25) is 0 Å². The van der Waals surface area contributed by atoms with Gasteiger partial charge in [0.15, 0.2) is 11.5 Å². The molecule has 0 bridgehead atoms. The maximum Gasteiger partial charge on any atom is 0.416 e. The highest BCUT2D eigenvalue weighted by Gasteiger charge is 2.39. The summed E-state index contributed by atoms with van der Waals surface area (Å²) in [7, 11) is 1.41. The molecule has 2 aromatic rings. The van der Waals surface area contributed by atoms with Crippen molar-refractivity contribution in [3.8, 4) is 17.2 Å². The molecule has 3 rings (SSSR count). The third-order valence-electron chi connectivity index (χ3n) is 8.18. The predicted molar refractivity (Wildman–Crippen MR) is 184 cm³/mol. The number of alkyl halides is 3. The summed E-state index contributed by atoms with van der Waals surface area (Å²) in [6.07, 6.45) is 4.53. The fourth-order valence-electron chi connectivity index (χ4n) is 5.47. The van der Waals surface area contributed by atoms with E-state index in [0.717, 1.165) is 12.1 Å². The van der Waals surface area contributed by atoms with Crippen LogP contribution >= 0.6 is 0 Å². The Balaban J connectivity index is 1.39. The maximum absolute atomic E-state index is 12.9. The fourth-order valence-corrected chi connectivity index (χ4v) is 5.47. The van der Waals surface area contributed by atoms with Crippen molar-refractivity contribution in [3.63, 3.8) is 0 Å². The van der Waals surface area contributed by atoms with Crippen molar-refractivity contribution in [1.29, 1.82) is 0 Å². The van der Waals surface area contributed by atoms with Crippen LogP contribution in [-0.4, -0.2) is 77.6 Å². The molecular weight excluding hydrogens is 707 g/mol. The number of allylic oxidation sites excluding steroid dienone is 2. The van der Waals surface area contributed by atoms with Crippen molar-refractivity contribution in [3.05, 3.63) is 94.1 Å². The largest absolute Gasteiger partial charge is 0.493 e. The van der Waals surface area contributed by atoms with Crippen molar-refractivity contribution >= 4 is 18.0 Å². The highest BCUT2D eigenvalue weighted by molar-refractivity contribution is 5.87. The van der Waals surface area contributed by atoms with Crippen LogP contribution in [0.1, 0.15) is 56.1 Å². The van der Waals surface area contributed by atoms with E-state index in [0.29, 0.717) is 37.7 Å². The number of rotatable bonds is 21. The summed E-state index contributed by atoms with van der Waals surface area (Å²) < 4.78 is 59.9. The number of carbonyl (C=O) groups is 2. The number of halogens is 3. The monoisotopic (exact) mass is 751 g/mol. The molecule has 0 aliphatic heterocycles. The van der Waals surface area contributed by atoms with E-state index in [9.17, 15) is 48.2 Å². The van der Waals surface area contributed by atoms with Crippen molar-refractivity contribution in [1.82, 2.24) is 0 Å². The Morgan fingerprint density at radius 3 is 2.55 bits per heavy atom. The molecule has 2 aromatic carbocycles. The van der Waals surface area contributed by atoms with Gasteiger partial charge in [0.25, 0.3) is 5.09 Å². The van der Waals surface area contributed by atoms with Crippen LogP contribution in [0.5, 0.6) is 17.2 Å². The summed E-state index contributed by atoms with van der Waals surface area (Å²) in [4.78, 5) is 38.7. The SMILES string of the molecule is COc1cc(/C=C/C(=O)OCCCCO[N+](=O)[O-])ccc1OC(=O)CCC/C=C\C[C@@H]1[C@@H](/C=C/[C@@H](O)COc2cccc(C(F)(F)F)c2)[C@H](O)C[C@@H]1O. The molecule has 0 heterocycles. The molecule has 1 aliphatic rings. The Labute approximate surface area is 304 Å². The molecule has 16 heteroatoms. The standard InChI is InChI=1S/C37H44F3NO12/c1-49-34-21-25(14-18-35(45)50-19-6-7-20-52-41(47)48)13-17-33(34)53-36(46)12-5-3-2-4-11-29-30(32(44)23-31(29)43)16-15-27(42)24-51-28-10-8-9-26(22-28)37(38,39)40/h2,4,8-10,13-18,21-22,27,29-32,42-44H,3,5-7,11-12,19-20,23-24H2,1H3/b4-2-,16-15+,18-14+/t27-,29-,30-,31+,32-/m1/s1. The van der Waals surface area contributed by atoms with Crippen LogP contribution in [0.3, 0.4) is 0 Å². The van der Waals surface area contributed by atoms with Crippen LogP contribution in [0.15, 0.2) is 72.8 Å². The van der Waals surface area contributed by atoms with Gasteiger partial charge in [-0.15, -0.1) is 10.1 Å². The zero-order valence-corrected chi connectivity index (χ0v) is 29.1. The molecule has 1 saturated carbocycles. The number of carbonyl (C=O) groups excluding carboxylic acids is 2. The van der Waals surface area contributed by atoms with E-state index in [-0.39, 0.29) is 55.8 Å². The molecule has 1 aliphatic carbocycles. The van der Waals surface area contributed by atoms with Gasteiger partial charge < -0.3 is 39.1 Å². The smallest absolute Gasteiger partial charge is 0.416 e. The summed E-state index contributed by atoms with van der Waals surface area (Å²) in [5.41, 5.74) is -0.285. The molecule has 0 saturated heterocycles. The topological polar surface area (TPSA) is 184 Å². The van der Waals surface area contributed by atoms with E-state index in [4.69, 9.17) is 18.9 Å². The van der Waals surface area contributed by atoms with Crippen molar-refractivity contribution in [2.75, 3.05) is 26.9 Å². The Hall–Kier alpha value is -4.93. The van der Waals surface area contributed by atoms with Crippen molar-refractivity contribution < 1.29 is 67.0 Å². The summed E-state index contributed by atoms with van der Waals surface area (Å²) >= 11 is 0. The average molecular weight is 752 g/mol. The minimum atomic E-state index is -4.52. The van der Waals surface area contributed by atoms with Gasteiger partial charge in [-0.2, -0.15) is 13.2 Å². The van der Waals surface area contributed by atoms with E-state index < -0.39 is 53.0 Å². The number of benzene rings is 2. The van der Waals surface area contributed by atoms with Crippen molar-refractivity contribution in [2.45, 2.75) is 69.4 Å². The molecular formula is C37H44F3NO12. The number of hydrogen-bond acceptors (Lipinski definition) is 12. The fraction of sp³-hybridized carbons (Fsp3) is 0.459. The molecule has 0 radical (unpaired) electrons. The molecule has 5 atom stereocenters. The van der Waals surface area contributed by atoms with Gasteiger partial charge in [0.1, 0.15) is 18.5 Å². The van der Waals surface area contributed by atoms with E-state index in [1.54, 1.807) is 18.2 Å². The van der Waals surface area contributed by atoms with Gasteiger partial charge in [0.05, 0.1) is 38.1 Å². The van der Waals surface area contributed by atoms with Gasteiger partial charge in [-0.3, -0.25) is 4.79 Å². The van der Waals surface area contributed by atoms with E-state index in [2.05, 4.69) is 4.84 Å². The van der Waals surface area contributed by atoms with Crippen LogP contribution in [-0.2, 0) is 25.3 Å². The van der Waals surface area contributed by atoms with Gasteiger partial charge >= 0.3 is 18.1 Å². The first-order valence-electron chi connectivity index (χ1n) is 16.9. The first-order valence-corrected chi connectivity index (χ1v) is 16.9. The Bertz CT molecular complexity index is 1580. The van der Waals surface area contributed by atoms with Crippen LogP contribution in [0.4, 0.5) is 13.2 Å². The first-order chi connectivity index (χ1) is 25.3. The summed E-state index contributed by atoms with van der Waals surface area (Å²) in [5.74, 6) is -1.47. The molecule has 0 amide bonds. The Morgan fingerprint density at radius 1 is 1.04 bits per heavy atom. The lowest BCUT2D eigenvalue weighted by molar-refractivity contribution is -0.757. The number of hydrogen-bond donors (Lipinski definition) is 3. The molecule has 0 unspecified atom stereocenters. The minimum absolute atomic E-state index is 0.0446. The molecule has 53 heavy (non-hydrogen) atoms. The summed E-state index contributed by atoms with van der Waals surface area (Å²) in [6.45, 7) is -0.308. The quantitative estimate of drug-likeness (QED) is 0.0272. The van der Waals surface area contributed by atoms with E-state index in [1.807, 2.05) is 12.2 Å². The van der Waals surface area contributed by atoms with Crippen LogP contribution in [0.2, 0.25) is 0 Å². The Morgan fingerprint density at radius 2 is 1.81 bits per heavy atom. The predicted octanol–water partition coefficient (Wildman–Crippen LogP) is 5.63. The van der Waals surface area contributed by atoms with Crippen LogP contribution < -0.4 is 14.2 Å². The average Bonchev–Trinajstić information content (AvgIpc) is 3.39. The molecule has 0 aromatic heterocycles. The van der Waals surface area contributed by atoms with Gasteiger partial charge in [-0.05, 0) is 80.0 Å². The third-order valence-corrected chi connectivity index (χ3v) is 8.18. The normalized spacial score (nSPS) is 19.5. The van der Waals surface area contributed by atoms with Crippen LogP contribution in [0.25, 0.3) is 6.08 Å². The number of ether oxygens (including phenoxy) is 4. The second-order valence-electron chi connectivity index (χ2n) is 12.1. The molecule has 13 nitrogen and oxygen atoms in total. The minimum Gasteiger partial charge on any atom is -0.493 e. The summed E-state index contributed by atoms with van der Waals surface area (Å²) in [6, 6.07) is 9.06. The lowest BCUT2D eigenvalue weighted by Gasteiger charge is -2.19. The van der Waals surface area contributed by atoms with E-state index >= 15 is 0 Å². The molecule has 290 valence electrons. The van der Waals surface area contributed by atoms with Crippen molar-refractivity contribution in [2.24, 2.45) is 11.8 Å². The van der Waals surface area contributed by atoms with E-state index in [1.165, 1.54) is 43.5 Å². The maximum atomic E-state index is 12.9. The number of aliphatic hydroxyl groups is 3. The molecule has 0 spiro atoms. The van der Waals surface area contributed by atoms with Gasteiger partial charge in [-0.25, -0.2) is 4.79 Å². The second-order valence-corrected chi connectivity index (χ2v) is 12.1. The van der Waals surface area contributed by atoms with Crippen LogP contribution in [0, 0.1) is 22.0 Å². The zero-order valence-electron chi connectivity index (χ0n) is 29.1. The molecule has 1 fully saturated rings. The number of methoxy groups -OCH3 is 1. The lowest BCUT2D eigenvalue weighted by atomic mass is 9.89. The highest BCUT2D eigenvalue weighted by Crippen LogP contribution is 2.37. The molecule has 3 N–H and O–H groups in total. The third kappa shape index (κ3) is 15.3. The summed E-state index contributed by atoms with van der Waals surface area (Å²) in [5, 5.41) is 40.5. The number of aliphatic hydroxyl groups excluding tert-OH is 3. The number of esters is 2. The lowest BCUT2D eigenvalue weighted by Crippen LogP contribution is -2.21. The highest BCUT2D eigenvalue weighted by atomic mass is 19.4. The van der Waals surface area contributed by atoms with Gasteiger partial charge in [0, 0.05) is 24.8 Å². The van der Waals surface area contributed by atoms with Gasteiger partial charge in [-0.1, -0.05) is 36.4 Å². The Kier molecular flexibility index (Phi) is 17.3. The number of unbranched alkanes of at least 4 members (excludes halogenated alkanes) is 2. The first kappa shape index (κ1) is 42.5.